The van der Waals surface area contributed by atoms with E-state index < -0.39 is 42.5 Å². The zero-order chi connectivity index (χ0) is 19.1. The highest BCUT2D eigenvalue weighted by molar-refractivity contribution is 5.93. The molecule has 0 bridgehead atoms. The lowest BCUT2D eigenvalue weighted by Crippen LogP contribution is -2.55. The number of rotatable bonds is 8. The van der Waals surface area contributed by atoms with Gasteiger partial charge in [-0.05, 0) is 25.7 Å². The lowest BCUT2D eigenvalue weighted by molar-refractivity contribution is -0.141. The van der Waals surface area contributed by atoms with Crippen LogP contribution in [-0.4, -0.2) is 64.9 Å². The number of hydrogen-bond acceptors (Lipinski definition) is 5. The molecule has 0 aromatic rings. The summed E-state index contributed by atoms with van der Waals surface area (Å²) >= 11 is 0. The van der Waals surface area contributed by atoms with Gasteiger partial charge in [0, 0.05) is 6.54 Å². The molecule has 5 N–H and O–H groups in total. The van der Waals surface area contributed by atoms with E-state index in [9.17, 15) is 19.2 Å². The van der Waals surface area contributed by atoms with Crippen molar-refractivity contribution in [1.82, 2.24) is 15.5 Å². The molecule has 1 aliphatic rings. The van der Waals surface area contributed by atoms with Crippen molar-refractivity contribution >= 4 is 23.7 Å². The second-order valence-electron chi connectivity index (χ2n) is 6.44. The number of nitrogens with two attached hydrogens (primary N) is 1. The van der Waals surface area contributed by atoms with E-state index in [4.69, 9.17) is 10.8 Å². The molecule has 142 valence electrons. The summed E-state index contributed by atoms with van der Waals surface area (Å²) in [6.07, 6.45) is 1.96. The van der Waals surface area contributed by atoms with E-state index in [0.29, 0.717) is 19.4 Å². The molecule has 4 atom stereocenters. The number of likely N-dealkylation sites (tertiary alicyclic amines) is 1. The minimum atomic E-state index is -1.17. The lowest BCUT2D eigenvalue weighted by Gasteiger charge is -2.29. The molecular formula is C16H28N4O5. The van der Waals surface area contributed by atoms with E-state index in [0.717, 1.165) is 6.42 Å². The molecule has 0 saturated carbocycles. The number of carbonyl (C=O) groups excluding carboxylic acids is 3. The zero-order valence-electron chi connectivity index (χ0n) is 14.9. The Kier molecular flexibility index (Phi) is 7.82. The summed E-state index contributed by atoms with van der Waals surface area (Å²) in [6.45, 7) is 5.24. The van der Waals surface area contributed by atoms with E-state index in [-0.39, 0.29) is 11.8 Å². The lowest BCUT2D eigenvalue weighted by atomic mass is 9.98. The first kappa shape index (κ1) is 20.9. The van der Waals surface area contributed by atoms with Crippen LogP contribution in [-0.2, 0) is 19.2 Å². The predicted octanol–water partition coefficient (Wildman–Crippen LogP) is -0.944. The summed E-state index contributed by atoms with van der Waals surface area (Å²) in [6, 6.07) is -2.21. The molecule has 1 fully saturated rings. The Hall–Kier alpha value is -2.16. The van der Waals surface area contributed by atoms with Crippen LogP contribution in [0.5, 0.6) is 0 Å². The SMILES string of the molecule is CC[C@H](C)[C@H](N)C(=O)N1CCC[C@H]1C(=O)N[C@@H](C)C(=O)NCC(=O)O. The Morgan fingerprint density at radius 3 is 2.48 bits per heavy atom. The van der Waals surface area contributed by atoms with Crippen LogP contribution in [0.2, 0.25) is 0 Å². The standard InChI is InChI=1S/C16H28N4O5/c1-4-9(2)13(17)16(25)20-7-5-6-11(20)15(24)19-10(3)14(23)18-8-12(21)22/h9-11,13H,4-8,17H2,1-3H3,(H,18,23)(H,19,24)(H,21,22)/t9-,10-,11-,13-/m0/s1. The highest BCUT2D eigenvalue weighted by Gasteiger charge is 2.37. The Labute approximate surface area is 147 Å². The van der Waals surface area contributed by atoms with Crippen molar-refractivity contribution in [3.63, 3.8) is 0 Å². The number of carbonyl (C=O) groups is 4. The van der Waals surface area contributed by atoms with Crippen molar-refractivity contribution in [3.05, 3.63) is 0 Å². The van der Waals surface area contributed by atoms with Crippen molar-refractivity contribution in [2.24, 2.45) is 11.7 Å². The number of nitrogens with one attached hydrogen (secondary N) is 2. The van der Waals surface area contributed by atoms with Gasteiger partial charge in [0.2, 0.25) is 17.7 Å². The normalized spacial score (nSPS) is 20.5. The van der Waals surface area contributed by atoms with Crippen molar-refractivity contribution in [2.75, 3.05) is 13.1 Å². The maximum absolute atomic E-state index is 12.5. The summed E-state index contributed by atoms with van der Waals surface area (Å²) in [5.74, 6) is -2.44. The van der Waals surface area contributed by atoms with E-state index in [1.807, 2.05) is 13.8 Å². The first-order valence-corrected chi connectivity index (χ1v) is 8.54. The number of carboxylic acid groups (broad SMARTS) is 1. The molecule has 1 saturated heterocycles. The summed E-state index contributed by atoms with van der Waals surface area (Å²) in [5, 5.41) is 13.3. The van der Waals surface area contributed by atoms with Crippen molar-refractivity contribution in [1.29, 1.82) is 0 Å². The third-order valence-corrected chi connectivity index (χ3v) is 4.55. The topological polar surface area (TPSA) is 142 Å². The number of hydrogen-bond donors (Lipinski definition) is 4. The molecule has 25 heavy (non-hydrogen) atoms. The van der Waals surface area contributed by atoms with Crippen LogP contribution < -0.4 is 16.4 Å². The van der Waals surface area contributed by atoms with Gasteiger partial charge in [0.05, 0.1) is 6.04 Å². The molecule has 0 aliphatic carbocycles. The summed E-state index contributed by atoms with van der Waals surface area (Å²) in [5.41, 5.74) is 5.99. The third kappa shape index (κ3) is 5.70. The zero-order valence-corrected chi connectivity index (χ0v) is 14.9. The second-order valence-corrected chi connectivity index (χ2v) is 6.44. The van der Waals surface area contributed by atoms with Crippen LogP contribution in [0.15, 0.2) is 0 Å². The Morgan fingerprint density at radius 2 is 1.92 bits per heavy atom. The fourth-order valence-corrected chi connectivity index (χ4v) is 2.68. The molecule has 0 aromatic heterocycles. The third-order valence-electron chi connectivity index (χ3n) is 4.55. The highest BCUT2D eigenvalue weighted by atomic mass is 16.4. The molecule has 3 amide bonds. The van der Waals surface area contributed by atoms with Gasteiger partial charge in [0.15, 0.2) is 0 Å². The smallest absolute Gasteiger partial charge is 0.322 e. The first-order chi connectivity index (χ1) is 11.7. The van der Waals surface area contributed by atoms with Crippen LogP contribution in [0, 0.1) is 5.92 Å². The van der Waals surface area contributed by atoms with E-state index >= 15 is 0 Å². The molecular weight excluding hydrogens is 328 g/mol. The summed E-state index contributed by atoms with van der Waals surface area (Å²) in [7, 11) is 0. The minimum absolute atomic E-state index is 0.0116. The van der Waals surface area contributed by atoms with Gasteiger partial charge in [0.25, 0.3) is 0 Å². The average Bonchev–Trinajstić information content (AvgIpc) is 3.06. The Balaban J connectivity index is 2.65. The molecule has 9 nitrogen and oxygen atoms in total. The van der Waals surface area contributed by atoms with Gasteiger partial charge < -0.3 is 26.4 Å². The molecule has 0 spiro atoms. The maximum Gasteiger partial charge on any atom is 0.322 e. The fourth-order valence-electron chi connectivity index (χ4n) is 2.68. The quantitative estimate of drug-likeness (QED) is 0.442. The van der Waals surface area contributed by atoms with Gasteiger partial charge in [-0.3, -0.25) is 19.2 Å². The van der Waals surface area contributed by atoms with Crippen LogP contribution in [0.1, 0.15) is 40.0 Å². The fraction of sp³-hybridized carbons (Fsp3) is 0.750. The minimum Gasteiger partial charge on any atom is -0.480 e. The monoisotopic (exact) mass is 356 g/mol. The molecule has 0 aromatic carbocycles. The Morgan fingerprint density at radius 1 is 1.28 bits per heavy atom. The number of nitrogens with zero attached hydrogens (tertiary/aromatic N) is 1. The van der Waals surface area contributed by atoms with Crippen LogP contribution in [0.4, 0.5) is 0 Å². The molecule has 1 heterocycles. The highest BCUT2D eigenvalue weighted by Crippen LogP contribution is 2.20. The van der Waals surface area contributed by atoms with Gasteiger partial charge in [-0.2, -0.15) is 0 Å². The van der Waals surface area contributed by atoms with Gasteiger partial charge >= 0.3 is 5.97 Å². The molecule has 9 heteroatoms. The van der Waals surface area contributed by atoms with Gasteiger partial charge in [0.1, 0.15) is 18.6 Å². The maximum atomic E-state index is 12.5. The van der Waals surface area contributed by atoms with Gasteiger partial charge in [-0.25, -0.2) is 0 Å². The van der Waals surface area contributed by atoms with Crippen molar-refractivity contribution in [2.45, 2.75) is 58.2 Å². The average molecular weight is 356 g/mol. The Bertz CT molecular complexity index is 525. The first-order valence-electron chi connectivity index (χ1n) is 8.54. The number of amides is 3. The molecule has 0 unspecified atom stereocenters. The van der Waals surface area contributed by atoms with E-state index in [2.05, 4.69) is 10.6 Å². The number of aliphatic carboxylic acids is 1. The molecule has 0 radical (unpaired) electrons. The summed E-state index contributed by atoms with van der Waals surface area (Å²) < 4.78 is 0. The van der Waals surface area contributed by atoms with Crippen LogP contribution >= 0.6 is 0 Å². The van der Waals surface area contributed by atoms with E-state index in [1.165, 1.54) is 11.8 Å². The predicted molar refractivity (Wildman–Crippen MR) is 90.4 cm³/mol. The largest absolute Gasteiger partial charge is 0.480 e. The van der Waals surface area contributed by atoms with Crippen LogP contribution in [0.25, 0.3) is 0 Å². The van der Waals surface area contributed by atoms with Gasteiger partial charge in [-0.1, -0.05) is 20.3 Å². The van der Waals surface area contributed by atoms with Crippen molar-refractivity contribution in [3.8, 4) is 0 Å². The molecule has 1 rings (SSSR count). The summed E-state index contributed by atoms with van der Waals surface area (Å²) in [4.78, 5) is 48.7. The van der Waals surface area contributed by atoms with E-state index in [1.54, 1.807) is 0 Å². The molecule has 1 aliphatic heterocycles. The number of carboxylic acids is 1. The van der Waals surface area contributed by atoms with Gasteiger partial charge in [-0.15, -0.1) is 0 Å². The van der Waals surface area contributed by atoms with Crippen LogP contribution in [0.3, 0.4) is 0 Å². The van der Waals surface area contributed by atoms with Crippen molar-refractivity contribution < 1.29 is 24.3 Å². The second kappa shape index (κ2) is 9.36.